The highest BCUT2D eigenvalue weighted by molar-refractivity contribution is 9.10. The van der Waals surface area contributed by atoms with E-state index in [1.54, 1.807) is 0 Å². The number of hydrogen-bond acceptors (Lipinski definition) is 1. The quantitative estimate of drug-likeness (QED) is 0.731. The fourth-order valence-corrected chi connectivity index (χ4v) is 3.96. The summed E-state index contributed by atoms with van der Waals surface area (Å²) in [6.45, 7) is 6.81. The summed E-state index contributed by atoms with van der Waals surface area (Å²) < 4.78 is 1.05. The first-order chi connectivity index (χ1) is 9.49. The molecule has 1 aliphatic carbocycles. The van der Waals surface area contributed by atoms with Crippen molar-refractivity contribution in [3.05, 3.63) is 34.3 Å². The first-order valence-electron chi connectivity index (χ1n) is 7.75. The van der Waals surface area contributed by atoms with Gasteiger partial charge in [-0.05, 0) is 42.2 Å². The second-order valence-electron chi connectivity index (χ2n) is 6.67. The van der Waals surface area contributed by atoms with Gasteiger partial charge in [-0.15, -0.1) is 0 Å². The van der Waals surface area contributed by atoms with Crippen LogP contribution in [0.1, 0.15) is 45.6 Å². The summed E-state index contributed by atoms with van der Waals surface area (Å²) in [5.41, 5.74) is 1.12. The number of halogens is 1. The lowest BCUT2D eigenvalue weighted by Gasteiger charge is -2.36. The van der Waals surface area contributed by atoms with E-state index in [2.05, 4.69) is 42.8 Å². The lowest BCUT2D eigenvalue weighted by molar-refractivity contribution is -0.126. The third-order valence-corrected chi connectivity index (χ3v) is 5.53. The SMILES string of the molecule is CC(C)[C@@H]1CC[C@@H](C)CC1C(=O)Cc1ccccc1Br. The Hall–Kier alpha value is -0.630. The largest absolute Gasteiger partial charge is 0.299 e. The van der Waals surface area contributed by atoms with Gasteiger partial charge in [-0.3, -0.25) is 4.79 Å². The van der Waals surface area contributed by atoms with Gasteiger partial charge in [0.25, 0.3) is 0 Å². The number of hydrogen-bond donors (Lipinski definition) is 0. The molecule has 0 aliphatic heterocycles. The van der Waals surface area contributed by atoms with Crippen molar-refractivity contribution in [2.45, 2.75) is 46.5 Å². The normalized spacial score (nSPS) is 26.8. The number of carbonyl (C=O) groups is 1. The molecule has 0 amide bonds. The van der Waals surface area contributed by atoms with E-state index in [0.717, 1.165) is 16.5 Å². The molecule has 1 aliphatic rings. The highest BCUT2D eigenvalue weighted by atomic mass is 79.9. The van der Waals surface area contributed by atoms with Gasteiger partial charge >= 0.3 is 0 Å². The Labute approximate surface area is 131 Å². The van der Waals surface area contributed by atoms with Gasteiger partial charge in [0, 0.05) is 16.8 Å². The van der Waals surface area contributed by atoms with Crippen molar-refractivity contribution in [2.75, 3.05) is 0 Å². The zero-order chi connectivity index (χ0) is 14.7. The van der Waals surface area contributed by atoms with Crippen molar-refractivity contribution in [3.8, 4) is 0 Å². The Balaban J connectivity index is 2.11. The molecule has 1 nitrogen and oxygen atoms in total. The van der Waals surface area contributed by atoms with Crippen molar-refractivity contribution in [1.82, 2.24) is 0 Å². The van der Waals surface area contributed by atoms with Crippen LogP contribution in [0.3, 0.4) is 0 Å². The molecule has 0 radical (unpaired) electrons. The second kappa shape index (κ2) is 6.89. The summed E-state index contributed by atoms with van der Waals surface area (Å²) in [7, 11) is 0. The summed E-state index contributed by atoms with van der Waals surface area (Å²) in [5.74, 6) is 2.56. The molecule has 0 saturated heterocycles. The van der Waals surface area contributed by atoms with Gasteiger partial charge in [-0.1, -0.05) is 61.3 Å². The van der Waals surface area contributed by atoms with Crippen molar-refractivity contribution in [2.24, 2.45) is 23.7 Å². The molecular formula is C18H25BrO. The maximum Gasteiger partial charge on any atom is 0.140 e. The second-order valence-corrected chi connectivity index (χ2v) is 7.52. The van der Waals surface area contributed by atoms with Gasteiger partial charge in [-0.2, -0.15) is 0 Å². The zero-order valence-electron chi connectivity index (χ0n) is 12.7. The predicted molar refractivity (Wildman–Crippen MR) is 87.7 cm³/mol. The lowest BCUT2D eigenvalue weighted by Crippen LogP contribution is -2.34. The molecule has 1 saturated carbocycles. The topological polar surface area (TPSA) is 17.1 Å². The van der Waals surface area contributed by atoms with E-state index in [-0.39, 0.29) is 5.92 Å². The van der Waals surface area contributed by atoms with Crippen LogP contribution >= 0.6 is 15.9 Å². The van der Waals surface area contributed by atoms with Crippen LogP contribution in [-0.4, -0.2) is 5.78 Å². The van der Waals surface area contributed by atoms with Crippen molar-refractivity contribution < 1.29 is 4.79 Å². The van der Waals surface area contributed by atoms with Crippen LogP contribution in [-0.2, 0) is 11.2 Å². The van der Waals surface area contributed by atoms with Crippen molar-refractivity contribution in [1.29, 1.82) is 0 Å². The van der Waals surface area contributed by atoms with E-state index in [1.165, 1.54) is 12.8 Å². The molecule has 1 fully saturated rings. The summed E-state index contributed by atoms with van der Waals surface area (Å²) in [4.78, 5) is 12.8. The molecular weight excluding hydrogens is 312 g/mol. The first kappa shape index (κ1) is 15.8. The highest BCUT2D eigenvalue weighted by Gasteiger charge is 2.35. The van der Waals surface area contributed by atoms with Crippen LogP contribution in [0, 0.1) is 23.7 Å². The maximum atomic E-state index is 12.8. The van der Waals surface area contributed by atoms with Crippen molar-refractivity contribution in [3.63, 3.8) is 0 Å². The van der Waals surface area contributed by atoms with E-state index in [1.807, 2.05) is 18.2 Å². The minimum atomic E-state index is 0.255. The van der Waals surface area contributed by atoms with Crippen LogP contribution in [0.25, 0.3) is 0 Å². The number of rotatable bonds is 4. The average Bonchev–Trinajstić information content (AvgIpc) is 2.40. The average molecular weight is 337 g/mol. The van der Waals surface area contributed by atoms with Crippen LogP contribution in [0.2, 0.25) is 0 Å². The van der Waals surface area contributed by atoms with E-state index >= 15 is 0 Å². The molecule has 3 atom stereocenters. The zero-order valence-corrected chi connectivity index (χ0v) is 14.3. The number of carbonyl (C=O) groups excluding carboxylic acids is 1. The van der Waals surface area contributed by atoms with Crippen LogP contribution in [0.15, 0.2) is 28.7 Å². The Morgan fingerprint density at radius 2 is 2.00 bits per heavy atom. The lowest BCUT2D eigenvalue weighted by atomic mass is 9.68. The third-order valence-electron chi connectivity index (χ3n) is 4.76. The molecule has 2 rings (SSSR count). The van der Waals surface area contributed by atoms with Gasteiger partial charge in [0.2, 0.25) is 0 Å². The third kappa shape index (κ3) is 3.72. The predicted octanol–water partition coefficient (Wildman–Crippen LogP) is 5.27. The monoisotopic (exact) mass is 336 g/mol. The minimum Gasteiger partial charge on any atom is -0.299 e. The smallest absolute Gasteiger partial charge is 0.140 e. The highest BCUT2D eigenvalue weighted by Crippen LogP contribution is 2.39. The molecule has 0 N–H and O–H groups in total. The molecule has 0 aromatic heterocycles. The summed E-state index contributed by atoms with van der Waals surface area (Å²) in [6, 6.07) is 8.08. The molecule has 0 spiro atoms. The Kier molecular flexibility index (Phi) is 5.42. The van der Waals surface area contributed by atoms with Gasteiger partial charge in [0.05, 0.1) is 0 Å². The van der Waals surface area contributed by atoms with E-state index in [4.69, 9.17) is 0 Å². The summed E-state index contributed by atoms with van der Waals surface area (Å²) >= 11 is 3.55. The maximum absolute atomic E-state index is 12.8. The Morgan fingerprint density at radius 1 is 1.30 bits per heavy atom. The van der Waals surface area contributed by atoms with Gasteiger partial charge in [-0.25, -0.2) is 0 Å². The van der Waals surface area contributed by atoms with Crippen LogP contribution in [0.4, 0.5) is 0 Å². The summed E-state index contributed by atoms with van der Waals surface area (Å²) in [6.07, 6.45) is 4.14. The van der Waals surface area contributed by atoms with Crippen LogP contribution < -0.4 is 0 Å². The van der Waals surface area contributed by atoms with Gasteiger partial charge in [0.15, 0.2) is 0 Å². The van der Waals surface area contributed by atoms with Gasteiger partial charge < -0.3 is 0 Å². The molecule has 1 aromatic rings. The van der Waals surface area contributed by atoms with E-state index in [9.17, 15) is 4.79 Å². The molecule has 0 heterocycles. The standard InChI is InChI=1S/C18H25BrO/c1-12(2)15-9-8-13(3)10-16(15)18(20)11-14-6-4-5-7-17(14)19/h4-7,12-13,15-16H,8-11H2,1-3H3/t13-,15+,16?/m1/s1. The number of ketones is 1. The number of Topliss-reactive ketones (excluding diaryl/α,β-unsaturated/α-hetero) is 1. The minimum absolute atomic E-state index is 0.255. The van der Waals surface area contributed by atoms with Gasteiger partial charge in [0.1, 0.15) is 5.78 Å². The molecule has 1 aromatic carbocycles. The van der Waals surface area contributed by atoms with Crippen LogP contribution in [0.5, 0.6) is 0 Å². The molecule has 20 heavy (non-hydrogen) atoms. The Bertz CT molecular complexity index is 466. The van der Waals surface area contributed by atoms with E-state index < -0.39 is 0 Å². The molecule has 2 heteroatoms. The molecule has 110 valence electrons. The first-order valence-corrected chi connectivity index (χ1v) is 8.54. The fourth-order valence-electron chi connectivity index (χ4n) is 3.53. The van der Waals surface area contributed by atoms with E-state index in [0.29, 0.717) is 30.0 Å². The molecule has 1 unspecified atom stereocenters. The molecule has 0 bridgehead atoms. The fraction of sp³-hybridized carbons (Fsp3) is 0.611. The van der Waals surface area contributed by atoms with Crippen molar-refractivity contribution >= 4 is 21.7 Å². The number of benzene rings is 1. The summed E-state index contributed by atoms with van der Waals surface area (Å²) in [5, 5.41) is 0. The Morgan fingerprint density at radius 3 is 2.65 bits per heavy atom.